The zero-order chi connectivity index (χ0) is 28.8. The Kier molecular flexibility index (Phi) is 6.40. The van der Waals surface area contributed by atoms with Crippen LogP contribution in [-0.4, -0.2) is 10.2 Å². The van der Waals surface area contributed by atoms with Crippen LogP contribution in [-0.2, 0) is 6.42 Å². The van der Waals surface area contributed by atoms with Crippen molar-refractivity contribution in [3.05, 3.63) is 155 Å². The van der Waals surface area contributed by atoms with Crippen molar-refractivity contribution in [2.24, 2.45) is 0 Å². The molecule has 7 aromatic carbocycles. The van der Waals surface area contributed by atoms with Crippen LogP contribution in [0.3, 0.4) is 0 Å². The van der Waals surface area contributed by atoms with Crippen molar-refractivity contribution in [3.63, 3.8) is 0 Å². The first-order valence-corrected chi connectivity index (χ1v) is 14.5. The number of fused-ring (bicyclic) bond motifs is 4. The molecule has 0 amide bonds. The third kappa shape index (κ3) is 4.37. The summed E-state index contributed by atoms with van der Waals surface area (Å²) in [6.07, 6.45) is 0.794. The van der Waals surface area contributed by atoms with E-state index in [0.717, 1.165) is 44.7 Å². The maximum Gasteiger partial charge on any atom is 0.124 e. The van der Waals surface area contributed by atoms with Crippen LogP contribution in [0.1, 0.15) is 33.7 Å². The molecule has 0 heterocycles. The lowest BCUT2D eigenvalue weighted by atomic mass is 9.82. The lowest BCUT2D eigenvalue weighted by Gasteiger charge is -2.22. The first kappa shape index (κ1) is 25.9. The molecule has 0 aromatic heterocycles. The van der Waals surface area contributed by atoms with Gasteiger partial charge in [-0.3, -0.25) is 0 Å². The van der Waals surface area contributed by atoms with Crippen LogP contribution in [0, 0.1) is 13.8 Å². The van der Waals surface area contributed by atoms with Gasteiger partial charge in [0, 0.05) is 16.9 Å². The quantitative estimate of drug-likeness (QED) is 0.212. The summed E-state index contributed by atoms with van der Waals surface area (Å²) in [6, 6.07) is 43.6. The summed E-state index contributed by atoms with van der Waals surface area (Å²) < 4.78 is 0. The fraction of sp³-hybridized carbons (Fsp3) is 0.100. The molecular weight excluding hydrogens is 512 g/mol. The van der Waals surface area contributed by atoms with Crippen LogP contribution in [0.15, 0.2) is 127 Å². The fourth-order valence-corrected chi connectivity index (χ4v) is 6.65. The van der Waals surface area contributed by atoms with Gasteiger partial charge in [0.05, 0.1) is 0 Å². The van der Waals surface area contributed by atoms with E-state index in [1.807, 2.05) is 30.3 Å². The molecule has 0 aliphatic heterocycles. The molecular formula is C40H32O2. The van der Waals surface area contributed by atoms with Crippen molar-refractivity contribution in [2.45, 2.75) is 26.2 Å². The molecule has 204 valence electrons. The van der Waals surface area contributed by atoms with Crippen LogP contribution >= 0.6 is 0 Å². The average Bonchev–Trinajstić information content (AvgIpc) is 3.02. The average molecular weight is 545 g/mol. The molecule has 2 N–H and O–H groups in total. The summed E-state index contributed by atoms with van der Waals surface area (Å²) in [6.45, 7) is 4.35. The second-order valence-electron chi connectivity index (χ2n) is 11.3. The van der Waals surface area contributed by atoms with Crippen molar-refractivity contribution in [3.8, 4) is 22.6 Å². The van der Waals surface area contributed by atoms with Crippen molar-refractivity contribution in [2.75, 3.05) is 0 Å². The minimum Gasteiger partial charge on any atom is -0.508 e. The second kappa shape index (κ2) is 10.4. The highest BCUT2D eigenvalue weighted by molar-refractivity contribution is 6.16. The van der Waals surface area contributed by atoms with E-state index < -0.39 is 0 Å². The Hall–Kier alpha value is -5.08. The van der Waals surface area contributed by atoms with Gasteiger partial charge in [-0.15, -0.1) is 0 Å². The second-order valence-corrected chi connectivity index (χ2v) is 11.3. The minimum atomic E-state index is 0.0127. The van der Waals surface area contributed by atoms with Crippen LogP contribution in [0.4, 0.5) is 0 Å². The number of phenolic OH excluding ortho intramolecular Hbond substituents is 2. The predicted octanol–water partition coefficient (Wildman–Crippen LogP) is 10.2. The van der Waals surface area contributed by atoms with Gasteiger partial charge >= 0.3 is 0 Å². The Morgan fingerprint density at radius 1 is 0.548 bits per heavy atom. The highest BCUT2D eigenvalue weighted by Crippen LogP contribution is 2.43. The monoisotopic (exact) mass is 544 g/mol. The fourth-order valence-electron chi connectivity index (χ4n) is 6.65. The number of phenols is 2. The molecule has 0 fully saturated rings. The molecule has 1 unspecified atom stereocenters. The summed E-state index contributed by atoms with van der Waals surface area (Å²) in [5.74, 6) is 0.635. The lowest BCUT2D eigenvalue weighted by molar-refractivity contribution is 0.464. The van der Waals surface area contributed by atoms with Gasteiger partial charge in [-0.05, 0) is 98.8 Å². The molecule has 0 radical (unpaired) electrons. The molecule has 7 aromatic rings. The Morgan fingerprint density at radius 2 is 1.26 bits per heavy atom. The number of para-hydroxylation sites is 1. The third-order valence-corrected chi connectivity index (χ3v) is 8.79. The first-order chi connectivity index (χ1) is 20.5. The van der Waals surface area contributed by atoms with Gasteiger partial charge < -0.3 is 10.2 Å². The number of benzene rings is 7. The number of hydrogen-bond acceptors (Lipinski definition) is 2. The zero-order valence-electron chi connectivity index (χ0n) is 23.8. The van der Waals surface area contributed by atoms with E-state index in [1.54, 1.807) is 12.1 Å². The number of aromatic hydroxyl groups is 2. The van der Waals surface area contributed by atoms with E-state index in [9.17, 15) is 10.2 Å². The van der Waals surface area contributed by atoms with Crippen LogP contribution < -0.4 is 0 Å². The van der Waals surface area contributed by atoms with Crippen LogP contribution in [0.2, 0.25) is 0 Å². The molecule has 0 spiro atoms. The molecule has 0 saturated carbocycles. The van der Waals surface area contributed by atoms with Gasteiger partial charge in [0.2, 0.25) is 0 Å². The molecule has 0 saturated heterocycles. The lowest BCUT2D eigenvalue weighted by Crippen LogP contribution is -2.06. The topological polar surface area (TPSA) is 40.5 Å². The van der Waals surface area contributed by atoms with E-state index in [1.165, 1.54) is 33.0 Å². The van der Waals surface area contributed by atoms with Gasteiger partial charge in [0.25, 0.3) is 0 Å². The van der Waals surface area contributed by atoms with Gasteiger partial charge in [0.15, 0.2) is 0 Å². The maximum absolute atomic E-state index is 11.1. The number of rotatable bonds is 5. The molecule has 2 heteroatoms. The van der Waals surface area contributed by atoms with Gasteiger partial charge in [-0.2, -0.15) is 0 Å². The smallest absolute Gasteiger partial charge is 0.124 e. The largest absolute Gasteiger partial charge is 0.508 e. The summed E-state index contributed by atoms with van der Waals surface area (Å²) >= 11 is 0. The maximum atomic E-state index is 11.1. The Balaban J connectivity index is 1.42. The summed E-state index contributed by atoms with van der Waals surface area (Å²) in [7, 11) is 0. The van der Waals surface area contributed by atoms with E-state index in [4.69, 9.17) is 0 Å². The van der Waals surface area contributed by atoms with Gasteiger partial charge in [0.1, 0.15) is 11.5 Å². The van der Waals surface area contributed by atoms with Crippen molar-refractivity contribution in [1.29, 1.82) is 0 Å². The van der Waals surface area contributed by atoms with E-state index >= 15 is 0 Å². The highest BCUT2D eigenvalue weighted by Gasteiger charge is 2.21. The number of aryl methyl sites for hydroxylation is 2. The molecule has 42 heavy (non-hydrogen) atoms. The molecule has 0 aliphatic rings. The van der Waals surface area contributed by atoms with E-state index in [0.29, 0.717) is 11.5 Å². The predicted molar refractivity (Wildman–Crippen MR) is 176 cm³/mol. The normalized spacial score (nSPS) is 12.2. The van der Waals surface area contributed by atoms with Gasteiger partial charge in [-0.25, -0.2) is 0 Å². The standard InChI is InChI=1S/C40H32O2/c1-25-21-35(37-24-28-13-6-7-14-31(28)33-16-10-18-39(42)40(33)37)26(2)30-20-19-29(23-34(25)30)36(22-27-11-4-3-5-12-27)32-15-8-9-17-38(32)41/h3-21,23-24,36,41-42H,22H2,1-2H3. The molecule has 2 nitrogen and oxygen atoms in total. The minimum absolute atomic E-state index is 0.0127. The van der Waals surface area contributed by atoms with Crippen molar-refractivity contribution < 1.29 is 10.2 Å². The Bertz CT molecular complexity index is 2110. The highest BCUT2D eigenvalue weighted by atomic mass is 16.3. The van der Waals surface area contributed by atoms with Crippen molar-refractivity contribution in [1.82, 2.24) is 0 Å². The Labute approximate surface area is 246 Å². The summed E-state index contributed by atoms with van der Waals surface area (Å²) in [5, 5.41) is 28.6. The molecule has 1 atom stereocenters. The van der Waals surface area contributed by atoms with E-state index in [2.05, 4.69) is 98.8 Å². The van der Waals surface area contributed by atoms with Gasteiger partial charge in [-0.1, -0.05) is 109 Å². The zero-order valence-corrected chi connectivity index (χ0v) is 23.8. The molecule has 7 rings (SSSR count). The molecule has 0 bridgehead atoms. The van der Waals surface area contributed by atoms with E-state index in [-0.39, 0.29) is 5.92 Å². The van der Waals surface area contributed by atoms with Crippen LogP contribution in [0.25, 0.3) is 43.4 Å². The summed E-state index contributed by atoms with van der Waals surface area (Å²) in [5.41, 5.74) is 7.89. The van der Waals surface area contributed by atoms with Crippen molar-refractivity contribution >= 4 is 32.3 Å². The Morgan fingerprint density at radius 3 is 2.10 bits per heavy atom. The number of hydrogen-bond donors (Lipinski definition) is 2. The third-order valence-electron chi connectivity index (χ3n) is 8.79. The molecule has 0 aliphatic carbocycles. The van der Waals surface area contributed by atoms with Crippen LogP contribution in [0.5, 0.6) is 11.5 Å². The summed E-state index contributed by atoms with van der Waals surface area (Å²) in [4.78, 5) is 0. The SMILES string of the molecule is Cc1cc(-c2cc3ccccc3c3cccc(O)c23)c(C)c2ccc(C(Cc3ccccc3)c3ccccc3O)cc12. The first-order valence-electron chi connectivity index (χ1n) is 14.5.